The van der Waals surface area contributed by atoms with Gasteiger partial charge in [-0.1, -0.05) is 64.5 Å². The molecule has 6 heteroatoms. The van der Waals surface area contributed by atoms with Crippen LogP contribution in [0.15, 0.2) is 24.3 Å². The number of amides is 1. The highest BCUT2D eigenvalue weighted by Crippen LogP contribution is 2.20. The molecule has 1 amide bonds. The monoisotopic (exact) mass is 407 g/mol. The maximum atomic E-state index is 11.1. The van der Waals surface area contributed by atoms with Crippen molar-refractivity contribution in [3.63, 3.8) is 0 Å². The maximum absolute atomic E-state index is 11.1. The van der Waals surface area contributed by atoms with Crippen molar-refractivity contribution < 1.29 is 14.7 Å². The highest BCUT2D eigenvalue weighted by molar-refractivity contribution is 5.71. The van der Waals surface area contributed by atoms with Crippen LogP contribution in [0.1, 0.15) is 83.8 Å². The lowest BCUT2D eigenvalue weighted by Gasteiger charge is -2.24. The molecular formula is C23H41N3O3. The lowest BCUT2D eigenvalue weighted by molar-refractivity contribution is -0.132. The number of rotatable bonds is 17. The number of unbranched alkanes of at least 4 members (excludes halogenated alkanes) is 6. The average molecular weight is 408 g/mol. The molecule has 0 saturated carbocycles. The van der Waals surface area contributed by atoms with Crippen LogP contribution in [0.2, 0.25) is 0 Å². The summed E-state index contributed by atoms with van der Waals surface area (Å²) in [7, 11) is 0. The number of aliphatic hydroxyl groups is 1. The molecule has 0 bridgehead atoms. The van der Waals surface area contributed by atoms with Gasteiger partial charge in [-0.3, -0.25) is 9.63 Å². The van der Waals surface area contributed by atoms with Gasteiger partial charge in [-0.25, -0.2) is 5.48 Å². The van der Waals surface area contributed by atoms with Crippen molar-refractivity contribution >= 4 is 11.6 Å². The minimum Gasteiger partial charge on any atom is -0.387 e. The summed E-state index contributed by atoms with van der Waals surface area (Å²) in [6.07, 6.45) is 8.85. The van der Waals surface area contributed by atoms with Crippen molar-refractivity contribution in [1.82, 2.24) is 10.8 Å². The topological polar surface area (TPSA) is 82.6 Å². The van der Waals surface area contributed by atoms with Crippen molar-refractivity contribution in [1.29, 1.82) is 0 Å². The fourth-order valence-electron chi connectivity index (χ4n) is 3.15. The molecule has 1 aromatic rings. The van der Waals surface area contributed by atoms with Crippen molar-refractivity contribution in [3.8, 4) is 0 Å². The smallest absolute Gasteiger partial charge is 0.240 e. The van der Waals surface area contributed by atoms with Crippen LogP contribution in [0.3, 0.4) is 0 Å². The summed E-state index contributed by atoms with van der Waals surface area (Å²) < 4.78 is 0. The summed E-state index contributed by atoms with van der Waals surface area (Å²) >= 11 is 0. The molecule has 1 rings (SSSR count). The third-order valence-corrected chi connectivity index (χ3v) is 4.91. The van der Waals surface area contributed by atoms with E-state index in [9.17, 15) is 9.90 Å². The van der Waals surface area contributed by atoms with E-state index in [0.717, 1.165) is 37.2 Å². The van der Waals surface area contributed by atoms with Crippen molar-refractivity contribution in [2.75, 3.05) is 25.0 Å². The fraction of sp³-hybridized carbons (Fsp3) is 0.696. The molecule has 0 saturated heterocycles. The van der Waals surface area contributed by atoms with Crippen LogP contribution in [-0.2, 0) is 9.63 Å². The molecule has 1 aromatic carbocycles. The van der Waals surface area contributed by atoms with Crippen LogP contribution >= 0.6 is 0 Å². The molecule has 0 aliphatic carbocycles. The van der Waals surface area contributed by atoms with Gasteiger partial charge in [-0.05, 0) is 37.1 Å². The van der Waals surface area contributed by atoms with Crippen LogP contribution in [0.25, 0.3) is 0 Å². The first kappa shape index (κ1) is 25.4. The largest absolute Gasteiger partial charge is 0.387 e. The molecule has 2 unspecified atom stereocenters. The number of anilines is 1. The SMILES string of the molecule is CCCCCCNc1ccc(C(O)C(CONC(C)=O)NCCCCCC)cc1. The number of hydroxylamine groups is 1. The average Bonchev–Trinajstić information content (AvgIpc) is 2.72. The molecule has 0 heterocycles. The van der Waals surface area contributed by atoms with E-state index >= 15 is 0 Å². The van der Waals surface area contributed by atoms with E-state index in [-0.39, 0.29) is 18.6 Å². The van der Waals surface area contributed by atoms with Crippen LogP contribution < -0.4 is 16.1 Å². The predicted octanol–water partition coefficient (Wildman–Crippen LogP) is 4.32. The number of carbonyl (C=O) groups is 1. The first-order valence-corrected chi connectivity index (χ1v) is 11.2. The first-order valence-electron chi connectivity index (χ1n) is 11.2. The van der Waals surface area contributed by atoms with E-state index in [1.807, 2.05) is 24.3 Å². The lowest BCUT2D eigenvalue weighted by atomic mass is 10.0. The van der Waals surface area contributed by atoms with Crippen molar-refractivity contribution in [2.45, 2.75) is 84.3 Å². The molecule has 0 aliphatic heterocycles. The van der Waals surface area contributed by atoms with Gasteiger partial charge < -0.3 is 15.7 Å². The van der Waals surface area contributed by atoms with E-state index in [0.29, 0.717) is 0 Å². The van der Waals surface area contributed by atoms with Crippen molar-refractivity contribution in [2.24, 2.45) is 0 Å². The van der Waals surface area contributed by atoms with Gasteiger partial charge in [0.2, 0.25) is 5.91 Å². The fourth-order valence-corrected chi connectivity index (χ4v) is 3.15. The Hall–Kier alpha value is -1.63. The summed E-state index contributed by atoms with van der Waals surface area (Å²) in [5.74, 6) is -0.254. The Morgan fingerprint density at radius 1 is 0.966 bits per heavy atom. The summed E-state index contributed by atoms with van der Waals surface area (Å²) in [6.45, 7) is 7.78. The Bertz CT molecular complexity index is 537. The molecule has 0 aliphatic rings. The second kappa shape index (κ2) is 16.2. The Balaban J connectivity index is 2.55. The van der Waals surface area contributed by atoms with E-state index in [1.54, 1.807) is 0 Å². The molecule has 29 heavy (non-hydrogen) atoms. The Kier molecular flexibility index (Phi) is 14.2. The molecule has 0 radical (unpaired) electrons. The van der Waals surface area contributed by atoms with Gasteiger partial charge in [-0.2, -0.15) is 0 Å². The summed E-state index contributed by atoms with van der Waals surface area (Å²) in [5, 5.41) is 17.6. The first-order chi connectivity index (χ1) is 14.1. The second-order valence-corrected chi connectivity index (χ2v) is 7.64. The third kappa shape index (κ3) is 11.8. The Morgan fingerprint density at radius 2 is 1.59 bits per heavy atom. The molecule has 0 aromatic heterocycles. The van der Waals surface area contributed by atoms with E-state index in [2.05, 4.69) is 30.0 Å². The van der Waals surface area contributed by atoms with Gasteiger partial charge in [-0.15, -0.1) is 0 Å². The molecule has 166 valence electrons. The van der Waals surface area contributed by atoms with E-state index in [1.165, 1.54) is 45.4 Å². The zero-order valence-electron chi connectivity index (χ0n) is 18.5. The Labute approximate surface area is 176 Å². The molecular weight excluding hydrogens is 366 g/mol. The van der Waals surface area contributed by atoms with E-state index < -0.39 is 6.10 Å². The second-order valence-electron chi connectivity index (χ2n) is 7.64. The van der Waals surface area contributed by atoms with Gasteiger partial charge >= 0.3 is 0 Å². The van der Waals surface area contributed by atoms with Gasteiger partial charge in [0, 0.05) is 19.2 Å². The zero-order valence-corrected chi connectivity index (χ0v) is 18.5. The maximum Gasteiger partial charge on any atom is 0.240 e. The molecule has 6 nitrogen and oxygen atoms in total. The summed E-state index contributed by atoms with van der Waals surface area (Å²) in [6, 6.07) is 7.61. The molecule has 0 spiro atoms. The number of hydrogen-bond acceptors (Lipinski definition) is 5. The van der Waals surface area contributed by atoms with Gasteiger partial charge in [0.15, 0.2) is 0 Å². The van der Waals surface area contributed by atoms with Crippen LogP contribution in [0.5, 0.6) is 0 Å². The summed E-state index contributed by atoms with van der Waals surface area (Å²) in [4.78, 5) is 16.3. The zero-order chi connectivity index (χ0) is 21.3. The minimum absolute atomic E-state index is 0.200. The quantitative estimate of drug-likeness (QED) is 0.228. The van der Waals surface area contributed by atoms with Crippen LogP contribution in [0.4, 0.5) is 5.69 Å². The Morgan fingerprint density at radius 3 is 2.17 bits per heavy atom. The van der Waals surface area contributed by atoms with Crippen LogP contribution in [0, 0.1) is 0 Å². The summed E-state index contributed by atoms with van der Waals surface area (Å²) in [5.41, 5.74) is 4.24. The minimum atomic E-state index is -0.714. The molecule has 4 N–H and O–H groups in total. The number of aliphatic hydroxyl groups excluding tert-OH is 1. The number of hydrogen-bond donors (Lipinski definition) is 4. The van der Waals surface area contributed by atoms with Gasteiger partial charge in [0.1, 0.15) is 0 Å². The predicted molar refractivity (Wildman–Crippen MR) is 120 cm³/mol. The highest BCUT2D eigenvalue weighted by Gasteiger charge is 2.21. The van der Waals surface area contributed by atoms with Gasteiger partial charge in [0.05, 0.1) is 18.8 Å². The lowest BCUT2D eigenvalue weighted by Crippen LogP contribution is -2.41. The highest BCUT2D eigenvalue weighted by atomic mass is 16.7. The van der Waals surface area contributed by atoms with Gasteiger partial charge in [0.25, 0.3) is 0 Å². The van der Waals surface area contributed by atoms with Crippen molar-refractivity contribution in [3.05, 3.63) is 29.8 Å². The van der Waals surface area contributed by atoms with E-state index in [4.69, 9.17) is 4.84 Å². The number of nitrogens with one attached hydrogen (secondary N) is 3. The standard InChI is InChI=1S/C23H41N3O3/c1-4-6-8-10-16-24-21-14-12-20(13-15-21)23(28)22(18-29-26-19(3)27)25-17-11-9-7-5-2/h12-15,22-25,28H,4-11,16-18H2,1-3H3,(H,26,27). The number of benzene rings is 1. The third-order valence-electron chi connectivity index (χ3n) is 4.91. The number of carbonyl (C=O) groups excluding carboxylic acids is 1. The molecule has 0 fully saturated rings. The molecule has 2 atom stereocenters. The van der Waals surface area contributed by atoms with Crippen LogP contribution in [-0.4, -0.2) is 36.8 Å². The normalized spacial score (nSPS) is 13.1.